The molecule has 1 aliphatic heterocycles. The van der Waals surface area contributed by atoms with E-state index in [-0.39, 0.29) is 17.6 Å². The zero-order valence-corrected chi connectivity index (χ0v) is 16.9. The minimum absolute atomic E-state index is 0.0133. The van der Waals surface area contributed by atoms with Gasteiger partial charge in [-0.15, -0.1) is 0 Å². The third-order valence-electron chi connectivity index (χ3n) is 5.12. The summed E-state index contributed by atoms with van der Waals surface area (Å²) in [6.07, 6.45) is 2.94. The van der Waals surface area contributed by atoms with E-state index in [0.29, 0.717) is 37.1 Å². The number of anilines is 1. The van der Waals surface area contributed by atoms with Gasteiger partial charge in [0.15, 0.2) is 0 Å². The second kappa shape index (κ2) is 10.2. The Morgan fingerprint density at radius 2 is 1.97 bits per heavy atom. The highest BCUT2D eigenvalue weighted by molar-refractivity contribution is 5.97. The van der Waals surface area contributed by atoms with Crippen molar-refractivity contribution < 1.29 is 23.1 Å². The van der Waals surface area contributed by atoms with Crippen LogP contribution < -0.4 is 10.1 Å². The molecule has 3 rings (SSSR count). The first-order chi connectivity index (χ1) is 14.5. The number of carbonyl (C=O) groups excluding carboxylic acids is 2. The largest absolute Gasteiger partial charge is 0.435 e. The second-order valence-electron chi connectivity index (χ2n) is 7.35. The molecule has 1 heterocycles. The Morgan fingerprint density at radius 1 is 1.20 bits per heavy atom. The molecule has 0 aromatic heterocycles. The molecule has 1 unspecified atom stereocenters. The highest BCUT2D eigenvalue weighted by Crippen LogP contribution is 2.28. The number of nitrogens with one attached hydrogen (secondary N) is 1. The van der Waals surface area contributed by atoms with Crippen molar-refractivity contribution in [3.63, 3.8) is 0 Å². The topological polar surface area (TPSA) is 58.6 Å². The number of hydrogen-bond donors (Lipinski definition) is 1. The van der Waals surface area contributed by atoms with E-state index < -0.39 is 12.7 Å². The van der Waals surface area contributed by atoms with Crippen LogP contribution in [0, 0.1) is 0 Å². The molecule has 0 bridgehead atoms. The number of ether oxygens (including phenoxy) is 1. The van der Waals surface area contributed by atoms with Gasteiger partial charge in [-0.05, 0) is 43.0 Å². The Labute approximate surface area is 175 Å². The van der Waals surface area contributed by atoms with E-state index in [9.17, 15) is 18.4 Å². The zero-order chi connectivity index (χ0) is 21.5. The normalized spacial score (nSPS) is 16.0. The van der Waals surface area contributed by atoms with Gasteiger partial charge in [-0.25, -0.2) is 0 Å². The van der Waals surface area contributed by atoms with Gasteiger partial charge in [-0.3, -0.25) is 9.59 Å². The number of halogens is 2. The van der Waals surface area contributed by atoms with Crippen LogP contribution in [0.15, 0.2) is 48.5 Å². The third-order valence-corrected chi connectivity index (χ3v) is 5.12. The molecule has 0 aliphatic carbocycles. The molecular formula is C23H26F2N2O3. The van der Waals surface area contributed by atoms with Crippen LogP contribution in [-0.2, 0) is 16.0 Å². The molecule has 1 fully saturated rings. The Kier molecular flexibility index (Phi) is 7.38. The van der Waals surface area contributed by atoms with Gasteiger partial charge in [0.05, 0.1) is 0 Å². The smallest absolute Gasteiger partial charge is 0.387 e. The van der Waals surface area contributed by atoms with E-state index in [0.717, 1.165) is 18.4 Å². The summed E-state index contributed by atoms with van der Waals surface area (Å²) in [4.78, 5) is 26.7. The summed E-state index contributed by atoms with van der Waals surface area (Å²) in [6, 6.07) is 13.5. The van der Waals surface area contributed by atoms with Gasteiger partial charge < -0.3 is 15.0 Å². The van der Waals surface area contributed by atoms with Crippen LogP contribution in [0.2, 0.25) is 0 Å². The van der Waals surface area contributed by atoms with Crippen molar-refractivity contribution in [3.8, 4) is 5.75 Å². The van der Waals surface area contributed by atoms with Gasteiger partial charge in [0.2, 0.25) is 11.8 Å². The van der Waals surface area contributed by atoms with Gasteiger partial charge in [0.1, 0.15) is 11.8 Å². The Balaban J connectivity index is 1.77. The van der Waals surface area contributed by atoms with Crippen molar-refractivity contribution in [2.45, 2.75) is 51.7 Å². The van der Waals surface area contributed by atoms with Gasteiger partial charge in [-0.2, -0.15) is 8.78 Å². The summed E-state index contributed by atoms with van der Waals surface area (Å²) in [6.45, 7) is -0.422. The number of alkyl halides is 2. The van der Waals surface area contributed by atoms with Crippen molar-refractivity contribution in [2.24, 2.45) is 0 Å². The lowest BCUT2D eigenvalue weighted by Crippen LogP contribution is -2.43. The van der Waals surface area contributed by atoms with E-state index >= 15 is 0 Å². The van der Waals surface area contributed by atoms with E-state index in [1.54, 1.807) is 11.0 Å². The SMILES string of the molecule is CCCC(=O)N1CCCC1C(=O)Nc1ccc(OC(F)F)c(Cc2ccccc2)c1. The maximum absolute atomic E-state index is 12.8. The van der Waals surface area contributed by atoms with Crippen LogP contribution in [0.4, 0.5) is 14.5 Å². The molecule has 1 aliphatic rings. The molecule has 2 aromatic carbocycles. The van der Waals surface area contributed by atoms with Crippen LogP contribution in [0.5, 0.6) is 5.75 Å². The van der Waals surface area contributed by atoms with Crippen LogP contribution >= 0.6 is 0 Å². The lowest BCUT2D eigenvalue weighted by molar-refractivity contribution is -0.136. The molecule has 2 aromatic rings. The predicted molar refractivity (Wildman–Crippen MR) is 111 cm³/mol. The maximum Gasteiger partial charge on any atom is 0.387 e. The number of amides is 2. The molecule has 7 heteroatoms. The first-order valence-electron chi connectivity index (χ1n) is 10.2. The second-order valence-corrected chi connectivity index (χ2v) is 7.35. The predicted octanol–water partition coefficient (Wildman–Crippen LogP) is 4.61. The first-order valence-corrected chi connectivity index (χ1v) is 10.2. The molecule has 1 atom stereocenters. The van der Waals surface area contributed by atoms with Crippen LogP contribution in [0.1, 0.15) is 43.7 Å². The Hall–Kier alpha value is -2.96. The van der Waals surface area contributed by atoms with E-state index in [2.05, 4.69) is 10.1 Å². The summed E-state index contributed by atoms with van der Waals surface area (Å²) in [5, 5.41) is 2.84. The average Bonchev–Trinajstić information content (AvgIpc) is 3.21. The van der Waals surface area contributed by atoms with Crippen molar-refractivity contribution in [2.75, 3.05) is 11.9 Å². The number of likely N-dealkylation sites (tertiary alicyclic amines) is 1. The minimum atomic E-state index is -2.93. The molecule has 0 saturated carbocycles. The molecular weight excluding hydrogens is 390 g/mol. The third kappa shape index (κ3) is 5.55. The Bertz CT molecular complexity index is 874. The summed E-state index contributed by atoms with van der Waals surface area (Å²) < 4.78 is 30.3. The van der Waals surface area contributed by atoms with Gasteiger partial charge in [-0.1, -0.05) is 37.3 Å². The zero-order valence-electron chi connectivity index (χ0n) is 16.9. The fraction of sp³-hybridized carbons (Fsp3) is 0.391. The van der Waals surface area contributed by atoms with Crippen LogP contribution in [0.3, 0.4) is 0 Å². The number of nitrogens with zero attached hydrogens (tertiary/aromatic N) is 1. The molecule has 30 heavy (non-hydrogen) atoms. The van der Waals surface area contributed by atoms with Gasteiger partial charge >= 0.3 is 6.61 Å². The van der Waals surface area contributed by atoms with E-state index in [1.807, 2.05) is 37.3 Å². The van der Waals surface area contributed by atoms with Gasteiger partial charge in [0.25, 0.3) is 0 Å². The first kappa shape index (κ1) is 21.7. The van der Waals surface area contributed by atoms with E-state index in [1.165, 1.54) is 12.1 Å². The molecule has 5 nitrogen and oxygen atoms in total. The van der Waals surface area contributed by atoms with Crippen LogP contribution in [-0.4, -0.2) is 35.9 Å². The minimum Gasteiger partial charge on any atom is -0.435 e. The molecule has 0 spiro atoms. The summed E-state index contributed by atoms with van der Waals surface area (Å²) >= 11 is 0. The van der Waals surface area contributed by atoms with Crippen molar-refractivity contribution >= 4 is 17.5 Å². The number of carbonyl (C=O) groups is 2. The Morgan fingerprint density at radius 3 is 2.67 bits per heavy atom. The molecule has 0 radical (unpaired) electrons. The summed E-state index contributed by atoms with van der Waals surface area (Å²) in [5.74, 6) is -0.196. The number of hydrogen-bond acceptors (Lipinski definition) is 3. The maximum atomic E-state index is 12.8. The summed E-state index contributed by atoms with van der Waals surface area (Å²) in [5.41, 5.74) is 1.97. The number of benzene rings is 2. The van der Waals surface area contributed by atoms with Crippen molar-refractivity contribution in [1.29, 1.82) is 0 Å². The van der Waals surface area contributed by atoms with Crippen molar-refractivity contribution in [1.82, 2.24) is 4.90 Å². The molecule has 2 amide bonds. The monoisotopic (exact) mass is 416 g/mol. The fourth-order valence-corrected chi connectivity index (χ4v) is 3.74. The lowest BCUT2D eigenvalue weighted by Gasteiger charge is -2.24. The van der Waals surface area contributed by atoms with Gasteiger partial charge in [0, 0.05) is 30.6 Å². The molecule has 1 N–H and O–H groups in total. The average molecular weight is 416 g/mol. The van der Waals surface area contributed by atoms with Crippen molar-refractivity contribution in [3.05, 3.63) is 59.7 Å². The standard InChI is InChI=1S/C23H26F2N2O3/c1-2-7-21(28)27-13-6-10-19(27)22(29)26-18-11-12-20(30-23(24)25)17(15-18)14-16-8-4-3-5-9-16/h3-5,8-9,11-12,15,19,23H,2,6-7,10,13-14H2,1H3,(H,26,29). The molecule has 1 saturated heterocycles. The molecule has 160 valence electrons. The van der Waals surface area contributed by atoms with Crippen LogP contribution in [0.25, 0.3) is 0 Å². The quantitative estimate of drug-likeness (QED) is 0.684. The fourth-order valence-electron chi connectivity index (χ4n) is 3.74. The lowest BCUT2D eigenvalue weighted by atomic mass is 10.0. The highest BCUT2D eigenvalue weighted by Gasteiger charge is 2.33. The summed E-state index contributed by atoms with van der Waals surface area (Å²) in [7, 11) is 0. The van der Waals surface area contributed by atoms with E-state index in [4.69, 9.17) is 0 Å². The number of rotatable bonds is 8. The highest BCUT2D eigenvalue weighted by atomic mass is 19.3.